The molecule has 3 heterocycles. The lowest BCUT2D eigenvalue weighted by Crippen LogP contribution is -2.62. The van der Waals surface area contributed by atoms with Crippen molar-refractivity contribution in [3.05, 3.63) is 35.9 Å². The van der Waals surface area contributed by atoms with E-state index in [4.69, 9.17) is 9.47 Å². The summed E-state index contributed by atoms with van der Waals surface area (Å²) in [6.45, 7) is 3.32. The molecule has 35 heavy (non-hydrogen) atoms. The molecule has 1 N–H and O–H groups in total. The molecule has 2 aliphatic heterocycles. The predicted molar refractivity (Wildman–Crippen MR) is 130 cm³/mol. The summed E-state index contributed by atoms with van der Waals surface area (Å²) in [5, 5.41) is 2.96. The minimum Gasteiger partial charge on any atom is -0.474 e. The third-order valence-electron chi connectivity index (χ3n) is 7.47. The minimum atomic E-state index is -3.49. The Kier molecular flexibility index (Phi) is 6.96. The van der Waals surface area contributed by atoms with Crippen LogP contribution >= 0.6 is 0 Å². The number of benzene rings is 1. The summed E-state index contributed by atoms with van der Waals surface area (Å²) in [5.41, 5.74) is 0.813. The largest absolute Gasteiger partial charge is 0.474 e. The van der Waals surface area contributed by atoms with Crippen LogP contribution in [0.4, 0.5) is 15.9 Å². The summed E-state index contributed by atoms with van der Waals surface area (Å²) in [6.07, 6.45) is 10.8. The summed E-state index contributed by atoms with van der Waals surface area (Å²) >= 11 is 0. The van der Waals surface area contributed by atoms with Crippen molar-refractivity contribution in [1.29, 1.82) is 0 Å². The van der Waals surface area contributed by atoms with Crippen molar-refractivity contribution in [2.24, 2.45) is 0 Å². The van der Waals surface area contributed by atoms with Crippen LogP contribution in [0, 0.1) is 12.7 Å². The molecule has 0 spiro atoms. The zero-order chi connectivity index (χ0) is 24.6. The summed E-state index contributed by atoms with van der Waals surface area (Å²) in [6, 6.07) is 5.15. The Bertz CT molecular complexity index is 1160. The Balaban J connectivity index is 1.29. The highest BCUT2D eigenvalue weighted by atomic mass is 32.2. The number of anilines is 2. The van der Waals surface area contributed by atoms with Crippen LogP contribution in [-0.4, -0.2) is 67.0 Å². The van der Waals surface area contributed by atoms with Gasteiger partial charge in [0, 0.05) is 37.2 Å². The summed E-state index contributed by atoms with van der Waals surface area (Å²) in [5.74, 6) is 0.228. The first-order chi connectivity index (χ1) is 16.8. The monoisotopic (exact) mass is 504 g/mol. The fourth-order valence-electron chi connectivity index (χ4n) is 5.76. The van der Waals surface area contributed by atoms with Crippen molar-refractivity contribution in [1.82, 2.24) is 14.9 Å². The molecule has 5 rings (SSSR count). The molecule has 3 aliphatic rings. The molecular weight excluding hydrogens is 471 g/mol. The first-order valence-corrected chi connectivity index (χ1v) is 14.3. The molecule has 3 atom stereocenters. The smallest absolute Gasteiger partial charge is 0.221 e. The Hall–Kier alpha value is -2.30. The van der Waals surface area contributed by atoms with Gasteiger partial charge in [0.15, 0.2) is 9.84 Å². The van der Waals surface area contributed by atoms with Gasteiger partial charge in [0.1, 0.15) is 24.1 Å². The molecule has 2 bridgehead atoms. The fourth-order valence-corrected chi connectivity index (χ4v) is 6.39. The second-order valence-electron chi connectivity index (χ2n) is 9.99. The number of morpholine rings is 1. The van der Waals surface area contributed by atoms with E-state index in [1.54, 1.807) is 0 Å². The van der Waals surface area contributed by atoms with E-state index in [0.717, 1.165) is 38.4 Å². The SMILES string of the molecule is Cc1c(Nc2ccc(S(C)(=O)=O)cc2F)ncnc1OC1CC2COC[C@H](C1)N2C1CCCCC1. The molecule has 1 saturated carbocycles. The molecule has 3 fully saturated rings. The van der Waals surface area contributed by atoms with Gasteiger partial charge in [0.2, 0.25) is 5.88 Å². The maximum atomic E-state index is 14.6. The molecule has 1 aromatic heterocycles. The van der Waals surface area contributed by atoms with Gasteiger partial charge >= 0.3 is 0 Å². The predicted octanol–water partition coefficient (Wildman–Crippen LogP) is 4.01. The third-order valence-corrected chi connectivity index (χ3v) is 8.58. The van der Waals surface area contributed by atoms with Crippen LogP contribution in [0.5, 0.6) is 5.88 Å². The van der Waals surface area contributed by atoms with Gasteiger partial charge in [-0.2, -0.15) is 0 Å². The number of nitrogens with zero attached hydrogens (tertiary/aromatic N) is 3. The topological polar surface area (TPSA) is 93.7 Å². The van der Waals surface area contributed by atoms with Gasteiger partial charge in [-0.05, 0) is 38.0 Å². The molecule has 2 saturated heterocycles. The van der Waals surface area contributed by atoms with E-state index in [1.165, 1.54) is 50.6 Å². The number of rotatable bonds is 6. The molecular formula is C25H33FN4O4S. The van der Waals surface area contributed by atoms with E-state index in [-0.39, 0.29) is 16.7 Å². The third kappa shape index (κ3) is 5.29. The molecule has 8 nitrogen and oxygen atoms in total. The number of piperidine rings is 1. The molecule has 0 radical (unpaired) electrons. The van der Waals surface area contributed by atoms with Crippen LogP contribution in [0.25, 0.3) is 0 Å². The molecule has 1 aliphatic carbocycles. The highest BCUT2D eigenvalue weighted by molar-refractivity contribution is 7.90. The zero-order valence-corrected chi connectivity index (χ0v) is 21.1. The molecule has 10 heteroatoms. The van der Waals surface area contributed by atoms with Crippen LogP contribution in [0.3, 0.4) is 0 Å². The van der Waals surface area contributed by atoms with Gasteiger partial charge in [-0.3, -0.25) is 4.90 Å². The number of hydrogen-bond donors (Lipinski definition) is 1. The van der Waals surface area contributed by atoms with Crippen molar-refractivity contribution in [2.75, 3.05) is 24.8 Å². The van der Waals surface area contributed by atoms with E-state index in [1.807, 2.05) is 6.92 Å². The summed E-state index contributed by atoms with van der Waals surface area (Å²) in [4.78, 5) is 11.3. The second-order valence-corrected chi connectivity index (χ2v) is 12.0. The van der Waals surface area contributed by atoms with Gasteiger partial charge in [0.05, 0.1) is 29.4 Å². The lowest BCUT2D eigenvalue weighted by Gasteiger charge is -2.52. The number of halogens is 1. The molecule has 2 unspecified atom stereocenters. The normalized spacial score (nSPS) is 25.9. The number of aromatic nitrogens is 2. The Morgan fingerprint density at radius 1 is 1.09 bits per heavy atom. The van der Waals surface area contributed by atoms with E-state index in [9.17, 15) is 12.8 Å². The van der Waals surface area contributed by atoms with Crippen molar-refractivity contribution >= 4 is 21.3 Å². The van der Waals surface area contributed by atoms with Crippen molar-refractivity contribution < 1.29 is 22.3 Å². The van der Waals surface area contributed by atoms with E-state index < -0.39 is 15.7 Å². The Morgan fingerprint density at radius 3 is 2.46 bits per heavy atom. The van der Waals surface area contributed by atoms with Crippen LogP contribution in [-0.2, 0) is 14.6 Å². The maximum absolute atomic E-state index is 14.6. The number of ether oxygens (including phenoxy) is 2. The lowest BCUT2D eigenvalue weighted by molar-refractivity contribution is -0.122. The summed E-state index contributed by atoms with van der Waals surface area (Å²) < 4.78 is 50.2. The van der Waals surface area contributed by atoms with Crippen molar-refractivity contribution in [3.63, 3.8) is 0 Å². The van der Waals surface area contributed by atoms with Gasteiger partial charge in [0.25, 0.3) is 0 Å². The quantitative estimate of drug-likeness (QED) is 0.631. The Morgan fingerprint density at radius 2 is 1.80 bits per heavy atom. The molecule has 1 aromatic carbocycles. The standard InChI is InChI=1S/C25H33FN4O4S/c1-16-24(29-23-9-8-21(12-22(23)26)35(2,31)32)27-15-28-25(16)34-20-10-18-13-33-14-19(11-20)30(18)17-6-4-3-5-7-17/h8-9,12,15,17-20H,3-7,10-11,13-14H2,1-2H3,(H,27,28,29)/t18-,19?,20?/m0/s1. The minimum absolute atomic E-state index is 0.0287. The highest BCUT2D eigenvalue weighted by Gasteiger charge is 2.43. The molecule has 0 amide bonds. The van der Waals surface area contributed by atoms with E-state index in [2.05, 4.69) is 20.2 Å². The first kappa shape index (κ1) is 24.4. The summed E-state index contributed by atoms with van der Waals surface area (Å²) in [7, 11) is -3.49. The average Bonchev–Trinajstić information content (AvgIpc) is 2.82. The van der Waals surface area contributed by atoms with Gasteiger partial charge in [-0.15, -0.1) is 0 Å². The number of fused-ring (bicyclic) bond motifs is 2. The van der Waals surface area contributed by atoms with Crippen LogP contribution in [0.2, 0.25) is 0 Å². The fraction of sp³-hybridized carbons (Fsp3) is 0.600. The highest BCUT2D eigenvalue weighted by Crippen LogP contribution is 2.37. The van der Waals surface area contributed by atoms with Crippen molar-refractivity contribution in [3.8, 4) is 5.88 Å². The second kappa shape index (κ2) is 9.99. The average molecular weight is 505 g/mol. The number of hydrogen-bond acceptors (Lipinski definition) is 8. The van der Waals surface area contributed by atoms with Crippen LogP contribution in [0.15, 0.2) is 29.4 Å². The van der Waals surface area contributed by atoms with Gasteiger partial charge in [-0.1, -0.05) is 19.3 Å². The Labute approximate surface area is 206 Å². The number of sulfone groups is 1. The van der Waals surface area contributed by atoms with Crippen LogP contribution < -0.4 is 10.1 Å². The van der Waals surface area contributed by atoms with E-state index in [0.29, 0.717) is 35.4 Å². The lowest BCUT2D eigenvalue weighted by atomic mass is 9.85. The van der Waals surface area contributed by atoms with Crippen molar-refractivity contribution in [2.45, 2.75) is 81.0 Å². The van der Waals surface area contributed by atoms with E-state index >= 15 is 0 Å². The maximum Gasteiger partial charge on any atom is 0.221 e. The van der Waals surface area contributed by atoms with Crippen LogP contribution in [0.1, 0.15) is 50.5 Å². The number of nitrogens with one attached hydrogen (secondary N) is 1. The molecule has 190 valence electrons. The zero-order valence-electron chi connectivity index (χ0n) is 20.2. The molecule has 2 aromatic rings. The van der Waals surface area contributed by atoms with Gasteiger partial charge in [-0.25, -0.2) is 22.8 Å². The van der Waals surface area contributed by atoms with Gasteiger partial charge < -0.3 is 14.8 Å². The first-order valence-electron chi connectivity index (χ1n) is 12.4.